The first-order valence-electron chi connectivity index (χ1n) is 6.03. The highest BCUT2D eigenvalue weighted by atomic mass is 15.1. The van der Waals surface area contributed by atoms with E-state index in [1.165, 1.54) is 26.1 Å². The molecule has 1 aliphatic rings. The van der Waals surface area contributed by atoms with Gasteiger partial charge in [0, 0.05) is 24.8 Å². The number of hydrogen-bond acceptors (Lipinski definition) is 4. The molecule has 4 heteroatoms. The van der Waals surface area contributed by atoms with Gasteiger partial charge in [-0.25, -0.2) is 9.97 Å². The topological polar surface area (TPSA) is 41.0 Å². The van der Waals surface area contributed by atoms with Crippen LogP contribution in [0.2, 0.25) is 0 Å². The molecule has 0 spiro atoms. The highest BCUT2D eigenvalue weighted by molar-refractivity contribution is 5.34. The maximum atomic E-state index is 4.20. The van der Waals surface area contributed by atoms with Crippen molar-refractivity contribution in [3.8, 4) is 0 Å². The highest BCUT2D eigenvalue weighted by Crippen LogP contribution is 2.16. The van der Waals surface area contributed by atoms with Crippen LogP contribution in [0.1, 0.15) is 19.0 Å². The molecule has 1 unspecified atom stereocenters. The van der Waals surface area contributed by atoms with Gasteiger partial charge in [0.05, 0.1) is 0 Å². The lowest BCUT2D eigenvalue weighted by molar-refractivity contribution is 0.345. The van der Waals surface area contributed by atoms with Crippen LogP contribution in [0.3, 0.4) is 0 Å². The van der Waals surface area contributed by atoms with Gasteiger partial charge in [0.1, 0.15) is 12.1 Å². The molecule has 0 aliphatic carbocycles. The Labute approximate surface area is 97.1 Å². The van der Waals surface area contributed by atoms with Crippen LogP contribution in [0.15, 0.2) is 12.4 Å². The minimum absolute atomic E-state index is 0.759. The second-order valence-corrected chi connectivity index (χ2v) is 4.47. The molecule has 1 saturated heterocycles. The van der Waals surface area contributed by atoms with Crippen molar-refractivity contribution in [1.29, 1.82) is 0 Å². The van der Waals surface area contributed by atoms with Crippen molar-refractivity contribution in [2.45, 2.75) is 20.3 Å². The van der Waals surface area contributed by atoms with Crippen LogP contribution < -0.4 is 5.32 Å². The van der Waals surface area contributed by atoms with E-state index < -0.39 is 0 Å². The third-order valence-corrected chi connectivity index (χ3v) is 3.19. The average Bonchev–Trinajstić information content (AvgIpc) is 2.74. The predicted octanol–water partition coefficient (Wildman–Crippen LogP) is 1.54. The number of aromatic nitrogens is 2. The number of nitrogens with one attached hydrogen (secondary N) is 1. The molecule has 1 aromatic rings. The van der Waals surface area contributed by atoms with Crippen LogP contribution in [0, 0.1) is 12.8 Å². The lowest BCUT2D eigenvalue weighted by Crippen LogP contribution is -2.22. The molecule has 0 bridgehead atoms. The standard InChI is InChI=1S/C12H20N4/c1-3-16-5-4-11(8-16)7-13-12-6-10(2)14-9-15-12/h6,9,11H,3-5,7-8H2,1-2H3,(H,13,14,15). The van der Waals surface area contributed by atoms with Crippen molar-refractivity contribution >= 4 is 5.82 Å². The number of rotatable bonds is 4. The molecule has 1 fully saturated rings. The Hall–Kier alpha value is -1.16. The van der Waals surface area contributed by atoms with Gasteiger partial charge in [-0.05, 0) is 32.4 Å². The van der Waals surface area contributed by atoms with Gasteiger partial charge in [0.15, 0.2) is 0 Å². The van der Waals surface area contributed by atoms with Gasteiger partial charge in [-0.2, -0.15) is 0 Å². The molecule has 0 amide bonds. The van der Waals surface area contributed by atoms with Gasteiger partial charge in [-0.15, -0.1) is 0 Å². The molecule has 88 valence electrons. The fraction of sp³-hybridized carbons (Fsp3) is 0.667. The molecule has 2 heterocycles. The number of anilines is 1. The molecule has 16 heavy (non-hydrogen) atoms. The van der Waals surface area contributed by atoms with Crippen LogP contribution in [-0.4, -0.2) is 41.0 Å². The summed E-state index contributed by atoms with van der Waals surface area (Å²) >= 11 is 0. The molecule has 0 radical (unpaired) electrons. The summed E-state index contributed by atoms with van der Waals surface area (Å²) in [4.78, 5) is 10.8. The predicted molar refractivity (Wildman–Crippen MR) is 65.5 cm³/mol. The smallest absolute Gasteiger partial charge is 0.129 e. The van der Waals surface area contributed by atoms with Gasteiger partial charge in [0.2, 0.25) is 0 Å². The summed E-state index contributed by atoms with van der Waals surface area (Å²) < 4.78 is 0. The van der Waals surface area contributed by atoms with Crippen LogP contribution >= 0.6 is 0 Å². The quantitative estimate of drug-likeness (QED) is 0.835. The summed E-state index contributed by atoms with van der Waals surface area (Å²) in [6, 6.07) is 1.99. The second-order valence-electron chi connectivity index (χ2n) is 4.47. The third kappa shape index (κ3) is 2.92. The summed E-state index contributed by atoms with van der Waals surface area (Å²) in [6.07, 6.45) is 2.91. The Kier molecular flexibility index (Phi) is 3.72. The van der Waals surface area contributed by atoms with Crippen LogP contribution in [0.25, 0.3) is 0 Å². The maximum absolute atomic E-state index is 4.20. The second kappa shape index (κ2) is 5.25. The van der Waals surface area contributed by atoms with E-state index in [0.29, 0.717) is 0 Å². The fourth-order valence-corrected chi connectivity index (χ4v) is 2.17. The summed E-state index contributed by atoms with van der Waals surface area (Å²) in [6.45, 7) is 8.86. The molecule has 1 N–H and O–H groups in total. The average molecular weight is 220 g/mol. The molecule has 4 nitrogen and oxygen atoms in total. The van der Waals surface area contributed by atoms with E-state index in [0.717, 1.165) is 24.0 Å². The van der Waals surface area contributed by atoms with Crippen molar-refractivity contribution in [3.63, 3.8) is 0 Å². The van der Waals surface area contributed by atoms with E-state index >= 15 is 0 Å². The Bertz CT molecular complexity index is 340. The highest BCUT2D eigenvalue weighted by Gasteiger charge is 2.20. The van der Waals surface area contributed by atoms with E-state index in [4.69, 9.17) is 0 Å². The van der Waals surface area contributed by atoms with Crippen molar-refractivity contribution < 1.29 is 0 Å². The molecule has 1 aliphatic heterocycles. The van der Waals surface area contributed by atoms with E-state index in [2.05, 4.69) is 27.1 Å². The SMILES string of the molecule is CCN1CCC(CNc2cc(C)ncn2)C1. The Balaban J connectivity index is 1.80. The summed E-state index contributed by atoms with van der Waals surface area (Å²) in [5.74, 6) is 1.71. The van der Waals surface area contributed by atoms with Crippen molar-refractivity contribution in [1.82, 2.24) is 14.9 Å². The minimum Gasteiger partial charge on any atom is -0.370 e. The van der Waals surface area contributed by atoms with Gasteiger partial charge < -0.3 is 10.2 Å². The molecule has 0 saturated carbocycles. The molecular formula is C12H20N4. The zero-order valence-corrected chi connectivity index (χ0v) is 10.1. The lowest BCUT2D eigenvalue weighted by Gasteiger charge is -2.14. The van der Waals surface area contributed by atoms with Gasteiger partial charge in [0.25, 0.3) is 0 Å². The fourth-order valence-electron chi connectivity index (χ4n) is 2.17. The van der Waals surface area contributed by atoms with Crippen molar-refractivity contribution in [3.05, 3.63) is 18.1 Å². The Morgan fingerprint density at radius 3 is 3.06 bits per heavy atom. The summed E-state index contributed by atoms with van der Waals surface area (Å²) in [7, 11) is 0. The van der Waals surface area contributed by atoms with Crippen molar-refractivity contribution in [2.75, 3.05) is 31.5 Å². The van der Waals surface area contributed by atoms with Crippen LogP contribution in [0.5, 0.6) is 0 Å². The monoisotopic (exact) mass is 220 g/mol. The number of likely N-dealkylation sites (tertiary alicyclic amines) is 1. The molecule has 1 aromatic heterocycles. The van der Waals surface area contributed by atoms with E-state index in [-0.39, 0.29) is 0 Å². The number of hydrogen-bond donors (Lipinski definition) is 1. The Morgan fingerprint density at radius 1 is 1.50 bits per heavy atom. The van der Waals surface area contributed by atoms with Crippen molar-refractivity contribution in [2.24, 2.45) is 5.92 Å². The van der Waals surface area contributed by atoms with E-state index in [1.54, 1.807) is 6.33 Å². The van der Waals surface area contributed by atoms with E-state index in [9.17, 15) is 0 Å². The molecule has 2 rings (SSSR count). The van der Waals surface area contributed by atoms with Gasteiger partial charge in [-0.3, -0.25) is 0 Å². The van der Waals surface area contributed by atoms with Gasteiger partial charge >= 0.3 is 0 Å². The van der Waals surface area contributed by atoms with Crippen LogP contribution in [0.4, 0.5) is 5.82 Å². The normalized spacial score (nSPS) is 21.2. The third-order valence-electron chi connectivity index (χ3n) is 3.19. The Morgan fingerprint density at radius 2 is 2.38 bits per heavy atom. The number of nitrogens with zero attached hydrogens (tertiary/aromatic N) is 3. The summed E-state index contributed by atoms with van der Waals surface area (Å²) in [5.41, 5.74) is 1.01. The maximum Gasteiger partial charge on any atom is 0.129 e. The molecular weight excluding hydrogens is 200 g/mol. The minimum atomic E-state index is 0.759. The first-order valence-corrected chi connectivity index (χ1v) is 6.03. The molecule has 1 atom stereocenters. The van der Waals surface area contributed by atoms with Gasteiger partial charge in [-0.1, -0.05) is 6.92 Å². The lowest BCUT2D eigenvalue weighted by atomic mass is 10.1. The largest absolute Gasteiger partial charge is 0.370 e. The van der Waals surface area contributed by atoms with Crippen LogP contribution in [-0.2, 0) is 0 Å². The first kappa shape index (κ1) is 11.3. The van der Waals surface area contributed by atoms with E-state index in [1.807, 2.05) is 13.0 Å². The summed E-state index contributed by atoms with van der Waals surface area (Å²) in [5, 5.41) is 3.39. The zero-order chi connectivity index (χ0) is 11.4. The first-order chi connectivity index (χ1) is 7.78. The zero-order valence-electron chi connectivity index (χ0n) is 10.1. The number of aryl methyl sites for hydroxylation is 1. The molecule has 0 aromatic carbocycles.